The Hall–Kier alpha value is -2.14. The Morgan fingerprint density at radius 3 is 2.31 bits per heavy atom. The molecule has 5 aliphatic rings. The summed E-state index contributed by atoms with van der Waals surface area (Å²) in [7, 11) is 0. The molecule has 6 heteroatoms. The van der Waals surface area contributed by atoms with Crippen molar-refractivity contribution in [3.05, 3.63) is 41.4 Å². The molecule has 2 bridgehead atoms. The van der Waals surface area contributed by atoms with Gasteiger partial charge < -0.3 is 0 Å². The molecule has 134 valence electrons. The molecule has 1 saturated heterocycles. The fourth-order valence-corrected chi connectivity index (χ4v) is 5.49. The molecule has 1 heterocycles. The third-order valence-corrected chi connectivity index (χ3v) is 6.77. The van der Waals surface area contributed by atoms with Crippen molar-refractivity contribution in [1.82, 2.24) is 4.90 Å². The molecule has 6 rings (SSSR count). The Kier molecular flexibility index (Phi) is 3.35. The van der Waals surface area contributed by atoms with Gasteiger partial charge in [0.1, 0.15) is 6.67 Å². The minimum Gasteiger partial charge on any atom is -0.294 e. The first-order valence-corrected chi connectivity index (χ1v) is 9.42. The van der Waals surface area contributed by atoms with E-state index in [9.17, 15) is 14.4 Å². The van der Waals surface area contributed by atoms with Crippen molar-refractivity contribution in [2.45, 2.75) is 13.3 Å². The van der Waals surface area contributed by atoms with Crippen LogP contribution in [0.2, 0.25) is 5.02 Å². The lowest BCUT2D eigenvalue weighted by Gasteiger charge is -2.37. The van der Waals surface area contributed by atoms with E-state index in [2.05, 4.69) is 12.2 Å². The zero-order valence-corrected chi connectivity index (χ0v) is 15.1. The molecule has 0 radical (unpaired) electrons. The maximum atomic E-state index is 13.1. The largest absolute Gasteiger partial charge is 0.294 e. The first-order chi connectivity index (χ1) is 12.5. The van der Waals surface area contributed by atoms with Crippen LogP contribution >= 0.6 is 11.6 Å². The van der Waals surface area contributed by atoms with Crippen molar-refractivity contribution in [2.75, 3.05) is 11.6 Å². The number of imide groups is 1. The van der Waals surface area contributed by atoms with Crippen LogP contribution in [0.1, 0.15) is 13.3 Å². The van der Waals surface area contributed by atoms with Crippen LogP contribution in [0.4, 0.5) is 5.69 Å². The fraction of sp³-hybridized carbons (Fsp3) is 0.450. The Morgan fingerprint density at radius 2 is 1.77 bits per heavy atom. The van der Waals surface area contributed by atoms with Gasteiger partial charge in [-0.2, -0.15) is 0 Å². The number of carbonyl (C=O) groups is 3. The molecule has 5 nitrogen and oxygen atoms in total. The molecular weight excluding hydrogens is 352 g/mol. The standard InChI is InChI=1S/C20H19ClN2O3/c1-10(24)22(12-4-2-3-11(21)7-12)9-23-19(25)17-13-5-6-14(16-8-15(13)16)18(17)20(23)26/h2-7,13-18H,8-9H2,1H3/t13-,14+,15-,16-,17+,18+/m1/s1. The van der Waals surface area contributed by atoms with E-state index in [0.717, 1.165) is 6.42 Å². The number of halogens is 1. The summed E-state index contributed by atoms with van der Waals surface area (Å²) in [5.74, 6) is 0.549. The van der Waals surface area contributed by atoms with Crippen molar-refractivity contribution in [3.8, 4) is 0 Å². The van der Waals surface area contributed by atoms with Gasteiger partial charge in [0.15, 0.2) is 0 Å². The molecule has 1 aromatic rings. The predicted octanol–water partition coefficient (Wildman–Crippen LogP) is 2.70. The van der Waals surface area contributed by atoms with Gasteiger partial charge in [-0.25, -0.2) is 0 Å². The second-order valence-corrected chi connectivity index (χ2v) is 8.26. The van der Waals surface area contributed by atoms with E-state index < -0.39 is 0 Å². The normalized spacial score (nSPS) is 36.2. The summed E-state index contributed by atoms with van der Waals surface area (Å²) in [5.41, 5.74) is 0.587. The molecule has 3 fully saturated rings. The summed E-state index contributed by atoms with van der Waals surface area (Å²) < 4.78 is 0. The summed E-state index contributed by atoms with van der Waals surface area (Å²) in [6.45, 7) is 1.38. The van der Waals surface area contributed by atoms with Crippen LogP contribution in [0.5, 0.6) is 0 Å². The van der Waals surface area contributed by atoms with Crippen LogP contribution in [0, 0.1) is 35.5 Å². The Balaban J connectivity index is 1.45. The highest BCUT2D eigenvalue weighted by molar-refractivity contribution is 6.30. The SMILES string of the molecule is CC(=O)N(CN1C(=O)[C@H]2[C@@H]3C=C[C@@H]([C@H]4C[C@H]34)[C@@H]2C1=O)c1cccc(Cl)c1. The van der Waals surface area contributed by atoms with Gasteiger partial charge in [0.05, 0.1) is 11.8 Å². The summed E-state index contributed by atoms with van der Waals surface area (Å²) in [4.78, 5) is 41.1. The van der Waals surface area contributed by atoms with E-state index in [1.54, 1.807) is 24.3 Å². The van der Waals surface area contributed by atoms with Crippen molar-refractivity contribution in [1.29, 1.82) is 0 Å². The number of allylic oxidation sites excluding steroid dienone is 2. The Morgan fingerprint density at radius 1 is 1.15 bits per heavy atom. The third-order valence-electron chi connectivity index (χ3n) is 6.54. The summed E-state index contributed by atoms with van der Waals surface area (Å²) in [6, 6.07) is 6.89. The molecule has 4 aliphatic carbocycles. The van der Waals surface area contributed by atoms with Gasteiger partial charge in [-0.15, -0.1) is 0 Å². The smallest absolute Gasteiger partial charge is 0.235 e. The van der Waals surface area contributed by atoms with Crippen LogP contribution in [-0.2, 0) is 14.4 Å². The Bertz CT molecular complexity index is 830. The van der Waals surface area contributed by atoms with E-state index in [0.29, 0.717) is 22.5 Å². The van der Waals surface area contributed by atoms with Crippen molar-refractivity contribution in [2.24, 2.45) is 35.5 Å². The molecule has 1 aliphatic heterocycles. The number of anilines is 1. The molecule has 0 aromatic heterocycles. The number of carbonyl (C=O) groups excluding carboxylic acids is 3. The zero-order chi connectivity index (χ0) is 18.2. The lowest BCUT2D eigenvalue weighted by molar-refractivity contribution is -0.140. The highest BCUT2D eigenvalue weighted by Crippen LogP contribution is 2.65. The van der Waals surface area contributed by atoms with Gasteiger partial charge in [-0.1, -0.05) is 29.8 Å². The molecule has 3 amide bonds. The number of rotatable bonds is 3. The van der Waals surface area contributed by atoms with Crippen molar-refractivity contribution >= 4 is 35.0 Å². The molecule has 1 aromatic carbocycles. The lowest BCUT2D eigenvalue weighted by atomic mass is 9.63. The van der Waals surface area contributed by atoms with Crippen LogP contribution in [-0.4, -0.2) is 29.3 Å². The average Bonchev–Trinajstić information content (AvgIpc) is 3.39. The molecule has 0 unspecified atom stereocenters. The second-order valence-electron chi connectivity index (χ2n) is 7.83. The number of likely N-dealkylation sites (tertiary alicyclic amines) is 1. The van der Waals surface area contributed by atoms with Gasteiger partial charge in [0.2, 0.25) is 17.7 Å². The van der Waals surface area contributed by atoms with Crippen LogP contribution in [0.3, 0.4) is 0 Å². The van der Waals surface area contributed by atoms with Gasteiger partial charge in [0.25, 0.3) is 0 Å². The van der Waals surface area contributed by atoms with E-state index in [4.69, 9.17) is 11.6 Å². The summed E-state index contributed by atoms with van der Waals surface area (Å²) >= 11 is 6.04. The van der Waals surface area contributed by atoms with Gasteiger partial charge >= 0.3 is 0 Å². The highest BCUT2D eigenvalue weighted by Gasteiger charge is 2.67. The molecule has 6 atom stereocenters. The minimum atomic E-state index is -0.241. The summed E-state index contributed by atoms with van der Waals surface area (Å²) in [5, 5.41) is 0.504. The first-order valence-electron chi connectivity index (χ1n) is 9.04. The average molecular weight is 371 g/mol. The predicted molar refractivity (Wildman–Crippen MR) is 96.0 cm³/mol. The maximum absolute atomic E-state index is 13.1. The fourth-order valence-electron chi connectivity index (χ4n) is 5.31. The third kappa shape index (κ3) is 2.13. The monoisotopic (exact) mass is 370 g/mol. The van der Waals surface area contributed by atoms with E-state index in [1.807, 2.05) is 0 Å². The number of hydrogen-bond donors (Lipinski definition) is 0. The number of hydrogen-bond acceptors (Lipinski definition) is 3. The van der Waals surface area contributed by atoms with Crippen LogP contribution < -0.4 is 4.90 Å². The molecule has 0 N–H and O–H groups in total. The molecule has 26 heavy (non-hydrogen) atoms. The zero-order valence-electron chi connectivity index (χ0n) is 14.3. The van der Waals surface area contributed by atoms with Gasteiger partial charge in [0, 0.05) is 17.6 Å². The maximum Gasteiger partial charge on any atom is 0.235 e. The second kappa shape index (κ2) is 5.43. The first kappa shape index (κ1) is 16.1. The number of nitrogens with zero attached hydrogens (tertiary/aromatic N) is 2. The molecule has 0 spiro atoms. The Labute approximate surface area is 156 Å². The van der Waals surface area contributed by atoms with E-state index in [1.165, 1.54) is 16.7 Å². The van der Waals surface area contributed by atoms with Crippen molar-refractivity contribution < 1.29 is 14.4 Å². The quantitative estimate of drug-likeness (QED) is 0.607. The minimum absolute atomic E-state index is 0.0465. The summed E-state index contributed by atoms with van der Waals surface area (Å²) in [6.07, 6.45) is 5.43. The lowest BCUT2D eigenvalue weighted by Crippen LogP contribution is -2.44. The number of amides is 3. The highest BCUT2D eigenvalue weighted by atomic mass is 35.5. The van der Waals surface area contributed by atoms with E-state index >= 15 is 0 Å². The number of benzene rings is 1. The molecule has 2 saturated carbocycles. The van der Waals surface area contributed by atoms with Gasteiger partial charge in [-0.05, 0) is 48.3 Å². The topological polar surface area (TPSA) is 57.7 Å². The van der Waals surface area contributed by atoms with Crippen LogP contribution in [0.15, 0.2) is 36.4 Å². The van der Waals surface area contributed by atoms with Crippen LogP contribution in [0.25, 0.3) is 0 Å². The van der Waals surface area contributed by atoms with Gasteiger partial charge in [-0.3, -0.25) is 24.2 Å². The van der Waals surface area contributed by atoms with Crippen molar-refractivity contribution in [3.63, 3.8) is 0 Å². The van der Waals surface area contributed by atoms with E-state index in [-0.39, 0.29) is 48.1 Å². The molecular formula is C20H19ClN2O3.